The van der Waals surface area contributed by atoms with Crippen LogP contribution in [0.15, 0.2) is 108 Å². The maximum absolute atomic E-state index is 2.40. The van der Waals surface area contributed by atoms with E-state index in [1.165, 1.54) is 39.8 Å². The van der Waals surface area contributed by atoms with Crippen molar-refractivity contribution in [3.8, 4) is 0 Å². The quantitative estimate of drug-likeness (QED) is 0.447. The van der Waals surface area contributed by atoms with Crippen LogP contribution in [-0.2, 0) is 5.41 Å². The van der Waals surface area contributed by atoms with Crippen LogP contribution in [-0.4, -0.2) is 0 Å². The monoisotopic (exact) mass is 364 g/mol. The molecule has 4 rings (SSSR count). The number of allylic oxidation sites excluding steroid dienone is 4. The highest BCUT2D eigenvalue weighted by molar-refractivity contribution is 5.84. The summed E-state index contributed by atoms with van der Waals surface area (Å²) in [6, 6.07) is 33.2. The molecule has 0 saturated heterocycles. The van der Waals surface area contributed by atoms with Gasteiger partial charge in [-0.2, -0.15) is 0 Å². The Balaban J connectivity index is 2.10. The van der Waals surface area contributed by atoms with Crippen molar-refractivity contribution in [2.75, 3.05) is 0 Å². The van der Waals surface area contributed by atoms with Crippen LogP contribution in [0.4, 0.5) is 0 Å². The Kier molecular flexibility index (Phi) is 5.30. The van der Waals surface area contributed by atoms with Crippen LogP contribution >= 0.6 is 0 Å². The molecule has 0 nitrogen and oxygen atoms in total. The molecule has 1 aliphatic rings. The Hall–Kier alpha value is -2.86. The van der Waals surface area contributed by atoms with Gasteiger partial charge in [-0.05, 0) is 60.9 Å². The lowest BCUT2D eigenvalue weighted by Gasteiger charge is -2.42. The lowest BCUT2D eigenvalue weighted by atomic mass is 9.60. The minimum absolute atomic E-state index is 0.122. The third-order valence-corrected chi connectivity index (χ3v) is 5.80. The van der Waals surface area contributed by atoms with Crippen LogP contribution in [0.25, 0.3) is 5.57 Å². The summed E-state index contributed by atoms with van der Waals surface area (Å²) in [5.41, 5.74) is 8.30. The summed E-state index contributed by atoms with van der Waals surface area (Å²) in [4.78, 5) is 0. The summed E-state index contributed by atoms with van der Waals surface area (Å²) < 4.78 is 0. The van der Waals surface area contributed by atoms with E-state index in [0.29, 0.717) is 0 Å². The molecule has 0 heterocycles. The molecule has 0 atom stereocenters. The average Bonchev–Trinajstić information content (AvgIpc) is 2.75. The van der Waals surface area contributed by atoms with E-state index in [-0.39, 0.29) is 5.41 Å². The van der Waals surface area contributed by atoms with Gasteiger partial charge in [0.05, 0.1) is 0 Å². The van der Waals surface area contributed by atoms with Crippen molar-refractivity contribution in [2.24, 2.45) is 0 Å². The van der Waals surface area contributed by atoms with Gasteiger partial charge in [-0.25, -0.2) is 0 Å². The fraction of sp³-hybridized carbons (Fsp3) is 0.214. The molecule has 0 unspecified atom stereocenters. The molecule has 1 aliphatic carbocycles. The summed E-state index contributed by atoms with van der Waals surface area (Å²) >= 11 is 0. The zero-order valence-electron chi connectivity index (χ0n) is 16.9. The molecular formula is C28H28. The maximum Gasteiger partial charge on any atom is 0.0460 e. The third kappa shape index (κ3) is 3.36. The van der Waals surface area contributed by atoms with E-state index < -0.39 is 0 Å². The van der Waals surface area contributed by atoms with Gasteiger partial charge in [-0.15, -0.1) is 0 Å². The predicted octanol–water partition coefficient (Wildman–Crippen LogP) is 7.58. The smallest absolute Gasteiger partial charge is 0.0460 e. The molecule has 0 aliphatic heterocycles. The molecule has 0 saturated carbocycles. The van der Waals surface area contributed by atoms with Gasteiger partial charge in [-0.1, -0.05) is 103 Å². The molecule has 0 heteroatoms. The first-order valence-corrected chi connectivity index (χ1v) is 10.3. The Bertz CT molecular complexity index is 932. The summed E-state index contributed by atoms with van der Waals surface area (Å²) in [5, 5.41) is 0. The predicted molar refractivity (Wildman–Crippen MR) is 120 cm³/mol. The Labute approximate surface area is 169 Å². The van der Waals surface area contributed by atoms with Crippen molar-refractivity contribution in [3.05, 3.63) is 125 Å². The third-order valence-electron chi connectivity index (χ3n) is 5.80. The van der Waals surface area contributed by atoms with Gasteiger partial charge in [0, 0.05) is 5.41 Å². The lowest BCUT2D eigenvalue weighted by molar-refractivity contribution is 0.539. The molecule has 0 bridgehead atoms. The van der Waals surface area contributed by atoms with Crippen molar-refractivity contribution < 1.29 is 0 Å². The number of rotatable bonds is 4. The molecule has 28 heavy (non-hydrogen) atoms. The Morgan fingerprint density at radius 1 is 0.714 bits per heavy atom. The van der Waals surface area contributed by atoms with Crippen molar-refractivity contribution >= 4 is 5.57 Å². The topological polar surface area (TPSA) is 0 Å². The van der Waals surface area contributed by atoms with Crippen molar-refractivity contribution in [1.82, 2.24) is 0 Å². The van der Waals surface area contributed by atoms with Crippen LogP contribution < -0.4 is 0 Å². The van der Waals surface area contributed by atoms with E-state index in [0.717, 1.165) is 12.8 Å². The molecule has 0 fully saturated rings. The van der Waals surface area contributed by atoms with Gasteiger partial charge in [-0.3, -0.25) is 0 Å². The van der Waals surface area contributed by atoms with E-state index in [9.17, 15) is 0 Å². The SMILES string of the molecule is CC(C)=CC1=C(c2ccccc2)C(c2ccccc2)(c2ccccc2)CCC1. The molecule has 0 amide bonds. The molecule has 0 N–H and O–H groups in total. The minimum Gasteiger partial charge on any atom is -0.0762 e. The van der Waals surface area contributed by atoms with Gasteiger partial charge in [0.25, 0.3) is 0 Å². The summed E-state index contributed by atoms with van der Waals surface area (Å²) in [6.07, 6.45) is 5.86. The molecule has 3 aromatic rings. The van der Waals surface area contributed by atoms with E-state index in [2.05, 4.69) is 111 Å². The minimum atomic E-state index is -0.122. The average molecular weight is 365 g/mol. The van der Waals surface area contributed by atoms with Crippen LogP contribution in [0.1, 0.15) is 49.8 Å². The van der Waals surface area contributed by atoms with Crippen LogP contribution in [0, 0.1) is 0 Å². The summed E-state index contributed by atoms with van der Waals surface area (Å²) in [7, 11) is 0. The molecule has 140 valence electrons. The Morgan fingerprint density at radius 2 is 1.21 bits per heavy atom. The zero-order valence-corrected chi connectivity index (χ0v) is 16.9. The van der Waals surface area contributed by atoms with Gasteiger partial charge in [0.1, 0.15) is 0 Å². The fourth-order valence-corrected chi connectivity index (χ4v) is 4.79. The highest BCUT2D eigenvalue weighted by atomic mass is 14.4. The molecule has 0 spiro atoms. The van der Waals surface area contributed by atoms with Gasteiger partial charge >= 0.3 is 0 Å². The van der Waals surface area contributed by atoms with Gasteiger partial charge in [0.2, 0.25) is 0 Å². The highest BCUT2D eigenvalue weighted by Crippen LogP contribution is 2.52. The van der Waals surface area contributed by atoms with Crippen LogP contribution in [0.5, 0.6) is 0 Å². The van der Waals surface area contributed by atoms with Gasteiger partial charge in [0.15, 0.2) is 0 Å². The van der Waals surface area contributed by atoms with Crippen LogP contribution in [0.2, 0.25) is 0 Å². The van der Waals surface area contributed by atoms with E-state index in [1.807, 2.05) is 0 Å². The summed E-state index contributed by atoms with van der Waals surface area (Å²) in [6.45, 7) is 4.41. The molecule has 0 aromatic heterocycles. The van der Waals surface area contributed by atoms with Crippen molar-refractivity contribution in [2.45, 2.75) is 38.5 Å². The second-order valence-electron chi connectivity index (χ2n) is 7.98. The standard InChI is InChI=1S/C28H28/c1-22(2)21-24-15-12-20-28(25-16-8-4-9-17-25,26-18-10-5-11-19-26)27(24)23-13-6-3-7-14-23/h3-11,13-14,16-19,21H,12,15,20H2,1-2H3. The number of hydrogen-bond donors (Lipinski definition) is 0. The normalized spacial score (nSPS) is 15.9. The Morgan fingerprint density at radius 3 is 1.71 bits per heavy atom. The van der Waals surface area contributed by atoms with Gasteiger partial charge < -0.3 is 0 Å². The van der Waals surface area contributed by atoms with Crippen molar-refractivity contribution in [3.63, 3.8) is 0 Å². The van der Waals surface area contributed by atoms with E-state index >= 15 is 0 Å². The second kappa shape index (κ2) is 8.02. The first-order valence-electron chi connectivity index (χ1n) is 10.3. The highest BCUT2D eigenvalue weighted by Gasteiger charge is 2.41. The van der Waals surface area contributed by atoms with E-state index in [4.69, 9.17) is 0 Å². The largest absolute Gasteiger partial charge is 0.0762 e. The molecule has 3 aromatic carbocycles. The van der Waals surface area contributed by atoms with E-state index in [1.54, 1.807) is 0 Å². The number of hydrogen-bond acceptors (Lipinski definition) is 0. The fourth-order valence-electron chi connectivity index (χ4n) is 4.79. The molecular weight excluding hydrogens is 336 g/mol. The first kappa shape index (κ1) is 18.5. The van der Waals surface area contributed by atoms with Crippen LogP contribution in [0.3, 0.4) is 0 Å². The molecule has 0 radical (unpaired) electrons. The number of benzene rings is 3. The maximum atomic E-state index is 2.40. The summed E-state index contributed by atoms with van der Waals surface area (Å²) in [5.74, 6) is 0. The van der Waals surface area contributed by atoms with Crippen molar-refractivity contribution in [1.29, 1.82) is 0 Å². The lowest BCUT2D eigenvalue weighted by Crippen LogP contribution is -2.33. The second-order valence-corrected chi connectivity index (χ2v) is 7.98. The zero-order chi connectivity index (χ0) is 19.4. The first-order chi connectivity index (χ1) is 13.7.